The van der Waals surface area contributed by atoms with Crippen molar-refractivity contribution in [3.8, 4) is 0 Å². The van der Waals surface area contributed by atoms with Crippen molar-refractivity contribution in [3.63, 3.8) is 0 Å². The molecule has 1 aromatic rings. The summed E-state index contributed by atoms with van der Waals surface area (Å²) < 4.78 is 23.8. The van der Waals surface area contributed by atoms with Crippen molar-refractivity contribution in [1.82, 2.24) is 0 Å². The summed E-state index contributed by atoms with van der Waals surface area (Å²) in [5, 5.41) is -0.302. The van der Waals surface area contributed by atoms with E-state index in [0.717, 1.165) is 5.56 Å². The summed E-state index contributed by atoms with van der Waals surface area (Å²) >= 11 is 0. The minimum atomic E-state index is -3.11. The third kappa shape index (κ3) is 2.15. The maximum Gasteiger partial charge on any atom is 0.180 e. The molecule has 0 aliphatic heterocycles. The molecule has 0 aliphatic rings. The molecule has 0 saturated heterocycles. The molecule has 1 aromatic carbocycles. The Kier molecular flexibility index (Phi) is 3.32. The Bertz CT molecular complexity index is 407. The standard InChI is InChI=1S/C11H16O2S/c1-4-10(3)14(12,13)11-7-5-6-9(2)8-11/h5-8,10H,4H2,1-3H3. The van der Waals surface area contributed by atoms with E-state index in [-0.39, 0.29) is 5.25 Å². The quantitative estimate of drug-likeness (QED) is 0.771. The molecule has 0 bridgehead atoms. The number of hydrogen-bond donors (Lipinski definition) is 0. The molecular formula is C11H16O2S. The zero-order valence-electron chi connectivity index (χ0n) is 8.82. The van der Waals surface area contributed by atoms with Gasteiger partial charge in [-0.2, -0.15) is 0 Å². The fourth-order valence-corrected chi connectivity index (χ4v) is 2.77. The number of rotatable bonds is 3. The van der Waals surface area contributed by atoms with Crippen LogP contribution in [0.4, 0.5) is 0 Å². The molecule has 1 atom stereocenters. The zero-order chi connectivity index (χ0) is 10.8. The fourth-order valence-electron chi connectivity index (χ4n) is 1.24. The van der Waals surface area contributed by atoms with Crippen molar-refractivity contribution in [2.75, 3.05) is 0 Å². The normalized spacial score (nSPS) is 13.9. The number of hydrogen-bond acceptors (Lipinski definition) is 2. The van der Waals surface area contributed by atoms with E-state index < -0.39 is 9.84 Å². The lowest BCUT2D eigenvalue weighted by Gasteiger charge is -2.10. The second kappa shape index (κ2) is 4.13. The van der Waals surface area contributed by atoms with E-state index in [4.69, 9.17) is 0 Å². The van der Waals surface area contributed by atoms with Crippen molar-refractivity contribution in [1.29, 1.82) is 0 Å². The van der Waals surface area contributed by atoms with E-state index >= 15 is 0 Å². The van der Waals surface area contributed by atoms with E-state index in [1.165, 1.54) is 0 Å². The molecule has 0 radical (unpaired) electrons. The van der Waals surface area contributed by atoms with Gasteiger partial charge in [0, 0.05) is 0 Å². The molecule has 0 N–H and O–H groups in total. The van der Waals surface area contributed by atoms with Crippen LogP contribution in [-0.4, -0.2) is 13.7 Å². The Morgan fingerprint density at radius 3 is 2.50 bits per heavy atom. The number of sulfone groups is 1. The van der Waals surface area contributed by atoms with Gasteiger partial charge in [-0.1, -0.05) is 19.1 Å². The lowest BCUT2D eigenvalue weighted by molar-refractivity contribution is 0.581. The lowest BCUT2D eigenvalue weighted by atomic mass is 10.2. The van der Waals surface area contributed by atoms with Crippen molar-refractivity contribution in [3.05, 3.63) is 29.8 Å². The first kappa shape index (κ1) is 11.2. The van der Waals surface area contributed by atoms with Crippen LogP contribution < -0.4 is 0 Å². The SMILES string of the molecule is CCC(C)S(=O)(=O)c1cccc(C)c1. The smallest absolute Gasteiger partial charge is 0.180 e. The van der Waals surface area contributed by atoms with Crippen molar-refractivity contribution in [2.24, 2.45) is 0 Å². The van der Waals surface area contributed by atoms with Crippen LogP contribution in [-0.2, 0) is 9.84 Å². The van der Waals surface area contributed by atoms with Crippen LogP contribution in [0.3, 0.4) is 0 Å². The highest BCUT2D eigenvalue weighted by atomic mass is 32.2. The highest BCUT2D eigenvalue weighted by Gasteiger charge is 2.21. The number of benzene rings is 1. The first-order valence-corrected chi connectivity index (χ1v) is 6.33. The second-order valence-electron chi connectivity index (χ2n) is 3.58. The van der Waals surface area contributed by atoms with E-state index in [1.807, 2.05) is 19.9 Å². The van der Waals surface area contributed by atoms with Crippen LogP contribution in [0, 0.1) is 6.92 Å². The maximum atomic E-state index is 11.9. The lowest BCUT2D eigenvalue weighted by Crippen LogP contribution is -2.16. The molecule has 0 heterocycles. The average Bonchev–Trinajstić information content (AvgIpc) is 2.16. The van der Waals surface area contributed by atoms with Gasteiger partial charge >= 0.3 is 0 Å². The first-order chi connectivity index (χ1) is 6.48. The van der Waals surface area contributed by atoms with Gasteiger partial charge in [-0.15, -0.1) is 0 Å². The molecule has 0 amide bonds. The first-order valence-electron chi connectivity index (χ1n) is 4.79. The summed E-state index contributed by atoms with van der Waals surface area (Å²) in [7, 11) is -3.11. The largest absolute Gasteiger partial charge is 0.223 e. The minimum Gasteiger partial charge on any atom is -0.223 e. The molecule has 1 unspecified atom stereocenters. The van der Waals surface area contributed by atoms with Gasteiger partial charge < -0.3 is 0 Å². The third-order valence-electron chi connectivity index (χ3n) is 2.42. The molecule has 14 heavy (non-hydrogen) atoms. The molecule has 0 aromatic heterocycles. The van der Waals surface area contributed by atoms with E-state index in [2.05, 4.69) is 0 Å². The molecule has 0 spiro atoms. The van der Waals surface area contributed by atoms with Gasteiger partial charge in [0.15, 0.2) is 9.84 Å². The predicted molar refractivity (Wildman–Crippen MR) is 58.1 cm³/mol. The summed E-state index contributed by atoms with van der Waals surface area (Å²) in [6.45, 7) is 5.53. The Morgan fingerprint density at radius 2 is 2.00 bits per heavy atom. The van der Waals surface area contributed by atoms with Gasteiger partial charge in [0.05, 0.1) is 10.1 Å². The molecule has 2 nitrogen and oxygen atoms in total. The Balaban J connectivity index is 3.17. The van der Waals surface area contributed by atoms with Crippen LogP contribution in [0.2, 0.25) is 0 Å². The summed E-state index contributed by atoms with van der Waals surface area (Å²) in [5.41, 5.74) is 0.981. The topological polar surface area (TPSA) is 34.1 Å². The third-order valence-corrected chi connectivity index (χ3v) is 4.73. The van der Waals surface area contributed by atoms with Crippen molar-refractivity contribution < 1.29 is 8.42 Å². The molecule has 0 fully saturated rings. The van der Waals surface area contributed by atoms with Crippen molar-refractivity contribution in [2.45, 2.75) is 37.3 Å². The van der Waals surface area contributed by atoms with Gasteiger partial charge in [0.2, 0.25) is 0 Å². The Morgan fingerprint density at radius 1 is 1.36 bits per heavy atom. The molecule has 0 aliphatic carbocycles. The monoisotopic (exact) mass is 212 g/mol. The predicted octanol–water partition coefficient (Wildman–Crippen LogP) is 2.57. The second-order valence-corrected chi connectivity index (χ2v) is 5.95. The summed E-state index contributed by atoms with van der Waals surface area (Å²) in [5.74, 6) is 0. The van der Waals surface area contributed by atoms with Crippen LogP contribution in [0.1, 0.15) is 25.8 Å². The van der Waals surface area contributed by atoms with Gasteiger partial charge in [-0.25, -0.2) is 8.42 Å². The van der Waals surface area contributed by atoms with Gasteiger partial charge in [0.1, 0.15) is 0 Å². The highest BCUT2D eigenvalue weighted by molar-refractivity contribution is 7.92. The minimum absolute atomic E-state index is 0.302. The molecule has 78 valence electrons. The Labute approximate surface area is 85.9 Å². The van der Waals surface area contributed by atoms with Crippen LogP contribution in [0.15, 0.2) is 29.2 Å². The highest BCUT2D eigenvalue weighted by Crippen LogP contribution is 2.18. The fraction of sp³-hybridized carbons (Fsp3) is 0.455. The van der Waals surface area contributed by atoms with Crippen LogP contribution >= 0.6 is 0 Å². The van der Waals surface area contributed by atoms with Gasteiger partial charge in [-0.05, 0) is 38.0 Å². The maximum absolute atomic E-state index is 11.9. The van der Waals surface area contributed by atoms with Crippen LogP contribution in [0.5, 0.6) is 0 Å². The molecule has 0 saturated carbocycles. The van der Waals surface area contributed by atoms with E-state index in [9.17, 15) is 8.42 Å². The van der Waals surface area contributed by atoms with Gasteiger partial charge in [0.25, 0.3) is 0 Å². The van der Waals surface area contributed by atoms with E-state index in [0.29, 0.717) is 11.3 Å². The average molecular weight is 212 g/mol. The van der Waals surface area contributed by atoms with Crippen LogP contribution in [0.25, 0.3) is 0 Å². The molecular weight excluding hydrogens is 196 g/mol. The van der Waals surface area contributed by atoms with Crippen molar-refractivity contribution >= 4 is 9.84 Å². The van der Waals surface area contributed by atoms with Gasteiger partial charge in [-0.3, -0.25) is 0 Å². The zero-order valence-corrected chi connectivity index (χ0v) is 9.64. The number of aryl methyl sites for hydroxylation is 1. The molecule has 1 rings (SSSR count). The Hall–Kier alpha value is -0.830. The summed E-state index contributed by atoms with van der Waals surface area (Å²) in [4.78, 5) is 0.437. The van der Waals surface area contributed by atoms with E-state index in [1.54, 1.807) is 25.1 Å². The molecule has 3 heteroatoms. The summed E-state index contributed by atoms with van der Waals surface area (Å²) in [6.07, 6.45) is 0.649. The summed E-state index contributed by atoms with van der Waals surface area (Å²) in [6, 6.07) is 7.07.